The van der Waals surface area contributed by atoms with Crippen molar-refractivity contribution in [3.63, 3.8) is 0 Å². The molecule has 2 aromatic heterocycles. The third kappa shape index (κ3) is 2.87. The predicted molar refractivity (Wildman–Crippen MR) is 80.4 cm³/mol. The van der Waals surface area contributed by atoms with Crippen LogP contribution < -0.4 is 0 Å². The Morgan fingerprint density at radius 2 is 2.19 bits per heavy atom. The van der Waals surface area contributed by atoms with Crippen LogP contribution >= 0.6 is 11.6 Å². The number of halogens is 1. The molecule has 0 atom stereocenters. The molecule has 0 fully saturated rings. The van der Waals surface area contributed by atoms with Gasteiger partial charge in [-0.1, -0.05) is 23.7 Å². The summed E-state index contributed by atoms with van der Waals surface area (Å²) in [7, 11) is 1.83. The summed E-state index contributed by atoms with van der Waals surface area (Å²) in [5, 5.41) is 9.27. The van der Waals surface area contributed by atoms with Crippen molar-refractivity contribution in [1.29, 1.82) is 0 Å². The fraction of sp³-hybridized carbons (Fsp3) is 0.133. The number of hydrogen-bond donors (Lipinski definition) is 0. The minimum Gasteiger partial charge on any atom is -0.298 e. The lowest BCUT2D eigenvalue weighted by atomic mass is 10.2. The molecule has 0 aliphatic rings. The molecule has 0 aliphatic carbocycles. The van der Waals surface area contributed by atoms with Gasteiger partial charge in [0.25, 0.3) is 0 Å². The first kappa shape index (κ1) is 13.6. The summed E-state index contributed by atoms with van der Waals surface area (Å²) in [5.74, 6) is 0. The van der Waals surface area contributed by atoms with Crippen LogP contribution in [0.1, 0.15) is 15.9 Å². The molecule has 21 heavy (non-hydrogen) atoms. The van der Waals surface area contributed by atoms with Crippen LogP contribution in [0, 0.1) is 0 Å². The van der Waals surface area contributed by atoms with E-state index in [0.29, 0.717) is 22.8 Å². The number of benzene rings is 1. The molecule has 0 unspecified atom stereocenters. The number of nitrogens with zero attached hydrogens (tertiary/aromatic N) is 4. The molecule has 0 amide bonds. The van der Waals surface area contributed by atoms with Crippen LogP contribution in [0.5, 0.6) is 0 Å². The number of rotatable bonds is 4. The topological polar surface area (TPSA) is 52.7 Å². The van der Waals surface area contributed by atoms with Gasteiger partial charge in [-0.05, 0) is 17.7 Å². The maximum atomic E-state index is 11.2. The Balaban J connectivity index is 1.94. The van der Waals surface area contributed by atoms with Crippen molar-refractivity contribution in [3.05, 3.63) is 59.0 Å². The van der Waals surface area contributed by atoms with Crippen molar-refractivity contribution in [2.75, 3.05) is 0 Å². The van der Waals surface area contributed by atoms with Crippen LogP contribution in [0.25, 0.3) is 11.3 Å². The molecule has 0 radical (unpaired) electrons. The van der Waals surface area contributed by atoms with Crippen LogP contribution in [0.2, 0.25) is 5.02 Å². The van der Waals surface area contributed by atoms with Crippen molar-refractivity contribution in [3.8, 4) is 11.3 Å². The summed E-state index contributed by atoms with van der Waals surface area (Å²) in [5.41, 5.74) is 3.04. The zero-order chi connectivity index (χ0) is 14.8. The molecule has 3 rings (SSSR count). The van der Waals surface area contributed by atoms with E-state index in [2.05, 4.69) is 10.2 Å². The normalized spacial score (nSPS) is 10.8. The first-order valence-corrected chi connectivity index (χ1v) is 6.79. The van der Waals surface area contributed by atoms with E-state index in [4.69, 9.17) is 11.6 Å². The molecule has 2 heterocycles. The van der Waals surface area contributed by atoms with Crippen molar-refractivity contribution < 1.29 is 4.79 Å². The summed E-state index contributed by atoms with van der Waals surface area (Å²) in [6, 6.07) is 7.57. The highest BCUT2D eigenvalue weighted by molar-refractivity contribution is 6.30. The zero-order valence-electron chi connectivity index (χ0n) is 11.4. The van der Waals surface area contributed by atoms with E-state index in [9.17, 15) is 4.79 Å². The third-order valence-corrected chi connectivity index (χ3v) is 3.36. The maximum absolute atomic E-state index is 11.2. The van der Waals surface area contributed by atoms with Crippen molar-refractivity contribution in [1.82, 2.24) is 19.6 Å². The molecule has 6 heteroatoms. The van der Waals surface area contributed by atoms with Crippen LogP contribution in [-0.4, -0.2) is 25.8 Å². The van der Waals surface area contributed by atoms with Gasteiger partial charge in [0.15, 0.2) is 6.29 Å². The monoisotopic (exact) mass is 300 g/mol. The predicted octanol–water partition coefficient (Wildman–Crippen LogP) is 2.80. The Kier molecular flexibility index (Phi) is 3.58. The third-order valence-electron chi connectivity index (χ3n) is 3.13. The molecule has 0 spiro atoms. The van der Waals surface area contributed by atoms with E-state index < -0.39 is 0 Å². The first-order chi connectivity index (χ1) is 10.2. The summed E-state index contributed by atoms with van der Waals surface area (Å²) in [6.45, 7) is 0.557. The van der Waals surface area contributed by atoms with Crippen LogP contribution in [0.3, 0.4) is 0 Å². The number of hydrogen-bond acceptors (Lipinski definition) is 3. The number of aldehydes is 1. The Hall–Kier alpha value is -2.40. The largest absolute Gasteiger partial charge is 0.298 e. The molecule has 3 aromatic rings. The minimum absolute atomic E-state index is 0.546. The second kappa shape index (κ2) is 5.54. The maximum Gasteiger partial charge on any atom is 0.153 e. The van der Waals surface area contributed by atoms with Crippen LogP contribution in [0.4, 0.5) is 0 Å². The van der Waals surface area contributed by atoms with Gasteiger partial charge in [-0.15, -0.1) is 0 Å². The highest BCUT2D eigenvalue weighted by Crippen LogP contribution is 2.21. The quantitative estimate of drug-likeness (QED) is 0.696. The number of carbonyl (C=O) groups excluding carboxylic acids is 1. The minimum atomic E-state index is 0.546. The second-order valence-corrected chi connectivity index (χ2v) is 5.22. The molecule has 1 aromatic carbocycles. The molecule has 0 bridgehead atoms. The first-order valence-electron chi connectivity index (χ1n) is 6.42. The van der Waals surface area contributed by atoms with Gasteiger partial charge in [0.1, 0.15) is 5.69 Å². The Morgan fingerprint density at radius 3 is 2.86 bits per heavy atom. The summed E-state index contributed by atoms with van der Waals surface area (Å²) >= 11 is 5.98. The lowest BCUT2D eigenvalue weighted by molar-refractivity contribution is 0.112. The van der Waals surface area contributed by atoms with E-state index in [0.717, 1.165) is 17.4 Å². The van der Waals surface area contributed by atoms with Crippen LogP contribution in [-0.2, 0) is 13.6 Å². The molecule has 0 saturated heterocycles. The number of carbonyl (C=O) groups is 1. The zero-order valence-corrected chi connectivity index (χ0v) is 12.2. The number of aryl methyl sites for hydroxylation is 1. The Bertz CT molecular complexity index is 791. The van der Waals surface area contributed by atoms with E-state index in [-0.39, 0.29) is 0 Å². The highest BCUT2D eigenvalue weighted by Gasteiger charge is 2.12. The summed E-state index contributed by atoms with van der Waals surface area (Å²) in [6.07, 6.45) is 6.07. The SMILES string of the molecule is Cn1cc(-c2nn(Cc3cccc(Cl)c3)cc2C=O)cn1. The summed E-state index contributed by atoms with van der Waals surface area (Å²) in [4.78, 5) is 11.2. The Labute approximate surface area is 126 Å². The van der Waals surface area contributed by atoms with Gasteiger partial charge in [0.2, 0.25) is 0 Å². The summed E-state index contributed by atoms with van der Waals surface area (Å²) < 4.78 is 3.41. The molecule has 5 nitrogen and oxygen atoms in total. The van der Waals surface area contributed by atoms with E-state index in [1.165, 1.54) is 0 Å². The van der Waals surface area contributed by atoms with Crippen molar-refractivity contribution in [2.45, 2.75) is 6.54 Å². The van der Waals surface area contributed by atoms with Crippen molar-refractivity contribution in [2.24, 2.45) is 7.05 Å². The second-order valence-electron chi connectivity index (χ2n) is 4.78. The molecular weight excluding hydrogens is 288 g/mol. The standard InChI is InChI=1S/C15H13ClN4O/c1-19-8-12(6-17-19)15-13(10-21)9-20(18-15)7-11-3-2-4-14(16)5-11/h2-6,8-10H,7H2,1H3. The smallest absolute Gasteiger partial charge is 0.153 e. The molecular formula is C15H13ClN4O. The van der Waals surface area contributed by atoms with Crippen LogP contribution in [0.15, 0.2) is 42.9 Å². The average Bonchev–Trinajstić information content (AvgIpc) is 3.05. The van der Waals surface area contributed by atoms with Gasteiger partial charge in [0.05, 0.1) is 18.3 Å². The van der Waals surface area contributed by atoms with Gasteiger partial charge in [-0.3, -0.25) is 14.2 Å². The average molecular weight is 301 g/mol. The van der Waals surface area contributed by atoms with Crippen molar-refractivity contribution >= 4 is 17.9 Å². The van der Waals surface area contributed by atoms with E-state index >= 15 is 0 Å². The molecule has 0 aliphatic heterocycles. The lowest BCUT2D eigenvalue weighted by Crippen LogP contribution is -2.00. The van der Waals surface area contributed by atoms with Gasteiger partial charge in [-0.25, -0.2) is 0 Å². The van der Waals surface area contributed by atoms with Gasteiger partial charge in [0, 0.05) is 30.0 Å². The molecule has 0 saturated carbocycles. The lowest BCUT2D eigenvalue weighted by Gasteiger charge is -2.02. The van der Waals surface area contributed by atoms with Gasteiger partial charge in [-0.2, -0.15) is 10.2 Å². The van der Waals surface area contributed by atoms with Gasteiger partial charge < -0.3 is 0 Å². The fourth-order valence-corrected chi connectivity index (χ4v) is 2.41. The van der Waals surface area contributed by atoms with E-state index in [1.807, 2.05) is 37.5 Å². The molecule has 106 valence electrons. The number of aromatic nitrogens is 4. The molecule has 0 N–H and O–H groups in total. The van der Waals surface area contributed by atoms with E-state index in [1.54, 1.807) is 21.8 Å². The highest BCUT2D eigenvalue weighted by atomic mass is 35.5. The fourth-order valence-electron chi connectivity index (χ4n) is 2.19. The Morgan fingerprint density at radius 1 is 1.33 bits per heavy atom. The van der Waals surface area contributed by atoms with Gasteiger partial charge >= 0.3 is 0 Å².